The van der Waals surface area contributed by atoms with Gasteiger partial charge in [0.15, 0.2) is 0 Å². The molecule has 0 radical (unpaired) electrons. The second-order valence-corrected chi connectivity index (χ2v) is 3.23. The molecule has 0 saturated heterocycles. The molecule has 0 unspecified atom stereocenters. The SMILES string of the molecule is CNCCCc1c(C)ncnc1C. The van der Waals surface area contributed by atoms with Gasteiger partial charge in [-0.2, -0.15) is 0 Å². The molecule has 0 aliphatic carbocycles. The van der Waals surface area contributed by atoms with E-state index in [1.807, 2.05) is 20.9 Å². The Morgan fingerprint density at radius 3 is 2.38 bits per heavy atom. The molecule has 13 heavy (non-hydrogen) atoms. The zero-order chi connectivity index (χ0) is 9.68. The van der Waals surface area contributed by atoms with Crippen LogP contribution in [0.5, 0.6) is 0 Å². The van der Waals surface area contributed by atoms with Crippen LogP contribution < -0.4 is 5.32 Å². The Labute approximate surface area is 79.6 Å². The summed E-state index contributed by atoms with van der Waals surface area (Å²) in [6.45, 7) is 5.14. The molecule has 1 rings (SSSR count). The van der Waals surface area contributed by atoms with Crippen LogP contribution in [0.3, 0.4) is 0 Å². The molecule has 0 aliphatic heterocycles. The van der Waals surface area contributed by atoms with Gasteiger partial charge in [0.25, 0.3) is 0 Å². The minimum atomic E-state index is 1.05. The van der Waals surface area contributed by atoms with Crippen LogP contribution in [0.25, 0.3) is 0 Å². The van der Waals surface area contributed by atoms with Gasteiger partial charge < -0.3 is 5.32 Å². The maximum absolute atomic E-state index is 4.19. The topological polar surface area (TPSA) is 37.8 Å². The van der Waals surface area contributed by atoms with Crippen LogP contribution in [0.1, 0.15) is 23.4 Å². The third-order valence-electron chi connectivity index (χ3n) is 2.23. The number of nitrogens with one attached hydrogen (secondary N) is 1. The fourth-order valence-corrected chi connectivity index (χ4v) is 1.42. The highest BCUT2D eigenvalue weighted by atomic mass is 14.8. The molecular formula is C10H17N3. The van der Waals surface area contributed by atoms with Gasteiger partial charge in [-0.15, -0.1) is 0 Å². The molecule has 3 heteroatoms. The average Bonchev–Trinajstić information content (AvgIpc) is 2.10. The molecule has 0 saturated carbocycles. The van der Waals surface area contributed by atoms with E-state index in [4.69, 9.17) is 0 Å². The number of hydrogen-bond donors (Lipinski definition) is 1. The van der Waals surface area contributed by atoms with Crippen LogP contribution in [0.2, 0.25) is 0 Å². The molecule has 0 aliphatic rings. The predicted octanol–water partition coefficient (Wildman–Crippen LogP) is 1.25. The molecule has 0 fully saturated rings. The first-order chi connectivity index (χ1) is 6.25. The molecule has 0 aromatic carbocycles. The van der Waals surface area contributed by atoms with Gasteiger partial charge in [-0.25, -0.2) is 9.97 Å². The van der Waals surface area contributed by atoms with Crippen molar-refractivity contribution in [1.29, 1.82) is 0 Å². The second kappa shape index (κ2) is 4.92. The van der Waals surface area contributed by atoms with Gasteiger partial charge >= 0.3 is 0 Å². The highest BCUT2D eigenvalue weighted by Crippen LogP contribution is 2.09. The first-order valence-corrected chi connectivity index (χ1v) is 4.67. The molecular weight excluding hydrogens is 162 g/mol. The molecule has 0 bridgehead atoms. The summed E-state index contributed by atoms with van der Waals surface area (Å²) >= 11 is 0. The van der Waals surface area contributed by atoms with Crippen LogP contribution in [0.15, 0.2) is 6.33 Å². The van der Waals surface area contributed by atoms with Crippen LogP contribution in [0.4, 0.5) is 0 Å². The number of aromatic nitrogens is 2. The summed E-state index contributed by atoms with van der Waals surface area (Å²) in [5, 5.41) is 3.14. The lowest BCUT2D eigenvalue weighted by atomic mass is 10.1. The van der Waals surface area contributed by atoms with Gasteiger partial charge in [0.05, 0.1) is 0 Å². The molecule has 72 valence electrons. The standard InChI is InChI=1S/C10H17N3/c1-8-10(5-4-6-11-3)9(2)13-7-12-8/h7,11H,4-6H2,1-3H3. The molecule has 1 heterocycles. The van der Waals surface area contributed by atoms with E-state index >= 15 is 0 Å². The highest BCUT2D eigenvalue weighted by molar-refractivity contribution is 5.22. The largest absolute Gasteiger partial charge is 0.320 e. The van der Waals surface area contributed by atoms with Crippen molar-refractivity contribution in [2.75, 3.05) is 13.6 Å². The predicted molar refractivity (Wildman–Crippen MR) is 53.8 cm³/mol. The molecule has 0 atom stereocenters. The summed E-state index contributed by atoms with van der Waals surface area (Å²) < 4.78 is 0. The summed E-state index contributed by atoms with van der Waals surface area (Å²) in [6.07, 6.45) is 3.84. The third-order valence-corrected chi connectivity index (χ3v) is 2.23. The molecule has 0 spiro atoms. The summed E-state index contributed by atoms with van der Waals surface area (Å²) in [7, 11) is 1.97. The van der Waals surface area contributed by atoms with Gasteiger partial charge in [0.2, 0.25) is 0 Å². The van der Waals surface area contributed by atoms with E-state index in [0.29, 0.717) is 0 Å². The van der Waals surface area contributed by atoms with Gasteiger partial charge in [0, 0.05) is 11.4 Å². The number of hydrogen-bond acceptors (Lipinski definition) is 3. The quantitative estimate of drug-likeness (QED) is 0.707. The molecule has 1 N–H and O–H groups in total. The van der Waals surface area contributed by atoms with E-state index in [-0.39, 0.29) is 0 Å². The van der Waals surface area contributed by atoms with Gasteiger partial charge in [-0.3, -0.25) is 0 Å². The Morgan fingerprint density at radius 2 is 1.85 bits per heavy atom. The Hall–Kier alpha value is -0.960. The summed E-state index contributed by atoms with van der Waals surface area (Å²) in [5.41, 5.74) is 3.53. The minimum Gasteiger partial charge on any atom is -0.320 e. The van der Waals surface area contributed by atoms with Gasteiger partial charge in [0.1, 0.15) is 6.33 Å². The summed E-state index contributed by atoms with van der Waals surface area (Å²) in [5.74, 6) is 0. The summed E-state index contributed by atoms with van der Waals surface area (Å²) in [4.78, 5) is 8.37. The van der Waals surface area contributed by atoms with Crippen LogP contribution >= 0.6 is 0 Å². The van der Waals surface area contributed by atoms with E-state index in [2.05, 4.69) is 15.3 Å². The van der Waals surface area contributed by atoms with Crippen molar-refractivity contribution < 1.29 is 0 Å². The maximum atomic E-state index is 4.19. The van der Waals surface area contributed by atoms with Crippen molar-refractivity contribution in [3.63, 3.8) is 0 Å². The van der Waals surface area contributed by atoms with Crippen molar-refractivity contribution >= 4 is 0 Å². The first kappa shape index (κ1) is 10.1. The van der Waals surface area contributed by atoms with Crippen LogP contribution in [0, 0.1) is 13.8 Å². The van der Waals surface area contributed by atoms with Crippen molar-refractivity contribution in [2.24, 2.45) is 0 Å². The Balaban J connectivity index is 2.64. The van der Waals surface area contributed by atoms with Crippen LogP contribution in [-0.2, 0) is 6.42 Å². The Kier molecular flexibility index (Phi) is 3.83. The summed E-state index contributed by atoms with van der Waals surface area (Å²) in [6, 6.07) is 0. The van der Waals surface area contributed by atoms with Gasteiger partial charge in [-0.05, 0) is 45.8 Å². The van der Waals surface area contributed by atoms with Crippen molar-refractivity contribution in [1.82, 2.24) is 15.3 Å². The molecule has 1 aromatic rings. The zero-order valence-electron chi connectivity index (χ0n) is 8.59. The lowest BCUT2D eigenvalue weighted by molar-refractivity contribution is 0.715. The van der Waals surface area contributed by atoms with E-state index in [1.165, 1.54) is 5.56 Å². The monoisotopic (exact) mass is 179 g/mol. The van der Waals surface area contributed by atoms with E-state index in [9.17, 15) is 0 Å². The fourth-order valence-electron chi connectivity index (χ4n) is 1.42. The average molecular weight is 179 g/mol. The van der Waals surface area contributed by atoms with Crippen molar-refractivity contribution in [3.8, 4) is 0 Å². The molecule has 3 nitrogen and oxygen atoms in total. The fraction of sp³-hybridized carbons (Fsp3) is 0.600. The highest BCUT2D eigenvalue weighted by Gasteiger charge is 2.02. The second-order valence-electron chi connectivity index (χ2n) is 3.23. The molecule has 1 aromatic heterocycles. The third kappa shape index (κ3) is 2.77. The van der Waals surface area contributed by atoms with Crippen molar-refractivity contribution in [2.45, 2.75) is 26.7 Å². The smallest absolute Gasteiger partial charge is 0.115 e. The first-order valence-electron chi connectivity index (χ1n) is 4.67. The normalized spacial score (nSPS) is 10.4. The lowest BCUT2D eigenvalue weighted by Crippen LogP contribution is -2.09. The van der Waals surface area contributed by atoms with E-state index < -0.39 is 0 Å². The number of aryl methyl sites for hydroxylation is 2. The minimum absolute atomic E-state index is 1.05. The maximum Gasteiger partial charge on any atom is 0.115 e. The number of nitrogens with zero attached hydrogens (tertiary/aromatic N) is 2. The Bertz CT molecular complexity index is 251. The van der Waals surface area contributed by atoms with E-state index in [1.54, 1.807) is 6.33 Å². The van der Waals surface area contributed by atoms with Crippen LogP contribution in [-0.4, -0.2) is 23.6 Å². The Morgan fingerprint density at radius 1 is 1.23 bits per heavy atom. The zero-order valence-corrected chi connectivity index (χ0v) is 8.59. The van der Waals surface area contributed by atoms with Crippen molar-refractivity contribution in [3.05, 3.63) is 23.3 Å². The van der Waals surface area contributed by atoms with Gasteiger partial charge in [-0.1, -0.05) is 0 Å². The number of rotatable bonds is 4. The lowest BCUT2D eigenvalue weighted by Gasteiger charge is -2.06. The molecule has 0 amide bonds. The van der Waals surface area contributed by atoms with E-state index in [0.717, 1.165) is 30.8 Å².